The number of carbonyl (C=O) groups excluding carboxylic acids is 2. The molecule has 2 aliphatic heterocycles. The van der Waals surface area contributed by atoms with Gasteiger partial charge in [0.15, 0.2) is 0 Å². The molecule has 7 heteroatoms. The first-order valence-corrected chi connectivity index (χ1v) is 9.31. The van der Waals surface area contributed by atoms with Crippen LogP contribution in [0.15, 0.2) is 36.2 Å². The van der Waals surface area contributed by atoms with E-state index in [0.717, 1.165) is 31.3 Å². The summed E-state index contributed by atoms with van der Waals surface area (Å²) in [6.07, 6.45) is 7.62. The lowest BCUT2D eigenvalue weighted by Gasteiger charge is -2.20. The van der Waals surface area contributed by atoms with Gasteiger partial charge in [0, 0.05) is 23.9 Å². The van der Waals surface area contributed by atoms with Crippen molar-refractivity contribution in [2.24, 2.45) is 5.92 Å². The van der Waals surface area contributed by atoms with Gasteiger partial charge in [0.25, 0.3) is 0 Å². The fourth-order valence-electron chi connectivity index (χ4n) is 4.05. The summed E-state index contributed by atoms with van der Waals surface area (Å²) < 4.78 is 18.3. The van der Waals surface area contributed by atoms with E-state index < -0.39 is 6.09 Å². The Morgan fingerprint density at radius 3 is 3.07 bits per heavy atom. The summed E-state index contributed by atoms with van der Waals surface area (Å²) in [6, 6.07) is 0. The van der Waals surface area contributed by atoms with Crippen LogP contribution in [0.4, 0.5) is 4.79 Å². The number of aryl methyl sites for hydroxylation is 1. The minimum atomic E-state index is -0.442. The summed E-state index contributed by atoms with van der Waals surface area (Å²) in [4.78, 5) is 28.2. The molecule has 2 fully saturated rings. The van der Waals surface area contributed by atoms with E-state index in [4.69, 9.17) is 14.2 Å². The SMILES string of the molecule is C=C1C(=O)O[C@H]2[C@H]1CC/C(COC(=O)n1ccnc1C)=C\CC[C@@]1(C)O[C@@H]21. The topological polar surface area (TPSA) is 83.0 Å². The molecule has 4 atom stereocenters. The number of rotatable bonds is 2. The van der Waals surface area contributed by atoms with E-state index in [9.17, 15) is 9.59 Å². The van der Waals surface area contributed by atoms with Gasteiger partial charge >= 0.3 is 12.1 Å². The van der Waals surface area contributed by atoms with E-state index in [1.165, 1.54) is 4.57 Å². The average molecular weight is 372 g/mol. The molecule has 0 bridgehead atoms. The van der Waals surface area contributed by atoms with Crippen LogP contribution < -0.4 is 0 Å². The van der Waals surface area contributed by atoms with Crippen LogP contribution >= 0.6 is 0 Å². The number of hydrogen-bond donors (Lipinski definition) is 0. The molecule has 7 nitrogen and oxygen atoms in total. The molecule has 144 valence electrons. The molecule has 3 heterocycles. The van der Waals surface area contributed by atoms with E-state index in [2.05, 4.69) is 24.6 Å². The van der Waals surface area contributed by atoms with Gasteiger partial charge in [-0.25, -0.2) is 19.1 Å². The molecule has 27 heavy (non-hydrogen) atoms. The zero-order valence-electron chi connectivity index (χ0n) is 15.6. The summed E-state index contributed by atoms with van der Waals surface area (Å²) >= 11 is 0. The van der Waals surface area contributed by atoms with Crippen LogP contribution in [0.3, 0.4) is 0 Å². The van der Waals surface area contributed by atoms with Gasteiger partial charge in [-0.2, -0.15) is 0 Å². The number of fused-ring (bicyclic) bond motifs is 3. The first-order valence-electron chi connectivity index (χ1n) is 9.31. The quantitative estimate of drug-likeness (QED) is 0.344. The van der Waals surface area contributed by atoms with Crippen LogP contribution in [-0.2, 0) is 19.0 Å². The van der Waals surface area contributed by atoms with Gasteiger partial charge in [0.1, 0.15) is 24.6 Å². The van der Waals surface area contributed by atoms with Crippen molar-refractivity contribution in [1.29, 1.82) is 0 Å². The number of epoxide rings is 1. The van der Waals surface area contributed by atoms with Crippen molar-refractivity contribution in [2.75, 3.05) is 6.61 Å². The first kappa shape index (κ1) is 18.0. The lowest BCUT2D eigenvalue weighted by atomic mass is 9.84. The highest BCUT2D eigenvalue weighted by Gasteiger charge is 2.61. The van der Waals surface area contributed by atoms with Crippen LogP contribution in [0.25, 0.3) is 0 Å². The molecular formula is C20H24N2O5. The second-order valence-corrected chi connectivity index (χ2v) is 7.69. The molecule has 0 radical (unpaired) electrons. The van der Waals surface area contributed by atoms with E-state index >= 15 is 0 Å². The van der Waals surface area contributed by atoms with Gasteiger partial charge in [0.05, 0.1) is 5.60 Å². The predicted molar refractivity (Wildman–Crippen MR) is 96.0 cm³/mol. The molecule has 0 spiro atoms. The Morgan fingerprint density at radius 1 is 1.52 bits per heavy atom. The first-order chi connectivity index (χ1) is 12.9. The number of imidazole rings is 1. The molecule has 1 aromatic rings. The van der Waals surface area contributed by atoms with E-state index in [-0.39, 0.29) is 36.3 Å². The summed E-state index contributed by atoms with van der Waals surface area (Å²) in [7, 11) is 0. The van der Waals surface area contributed by atoms with Gasteiger partial charge < -0.3 is 14.2 Å². The smallest absolute Gasteiger partial charge is 0.419 e. The molecule has 3 aliphatic rings. The summed E-state index contributed by atoms with van der Waals surface area (Å²) in [5, 5.41) is 0. The Labute approximate surface area is 158 Å². The molecule has 0 saturated carbocycles. The number of allylic oxidation sites excluding steroid dienone is 1. The Balaban J connectivity index is 1.45. The molecule has 4 rings (SSSR count). The molecule has 0 amide bonds. The van der Waals surface area contributed by atoms with Crippen LogP contribution in [0.2, 0.25) is 0 Å². The Hall–Kier alpha value is -2.41. The lowest BCUT2D eigenvalue weighted by molar-refractivity contribution is -0.140. The van der Waals surface area contributed by atoms with Gasteiger partial charge in [-0.1, -0.05) is 12.7 Å². The number of nitrogens with zero attached hydrogens (tertiary/aromatic N) is 2. The fourth-order valence-corrected chi connectivity index (χ4v) is 4.05. The number of ether oxygens (including phenoxy) is 3. The van der Waals surface area contributed by atoms with E-state index in [0.29, 0.717) is 11.4 Å². The molecule has 0 aromatic carbocycles. The zero-order chi connectivity index (χ0) is 19.2. The summed E-state index contributed by atoms with van der Waals surface area (Å²) in [6.45, 7) is 7.94. The molecule has 1 aromatic heterocycles. The maximum atomic E-state index is 12.2. The number of carbonyl (C=O) groups is 2. The van der Waals surface area contributed by atoms with Crippen molar-refractivity contribution in [2.45, 2.75) is 57.3 Å². The normalized spacial score (nSPS) is 34.7. The van der Waals surface area contributed by atoms with Crippen LogP contribution in [0.1, 0.15) is 38.4 Å². The average Bonchev–Trinajstić information content (AvgIpc) is 2.95. The van der Waals surface area contributed by atoms with Crippen molar-refractivity contribution in [3.05, 3.63) is 42.0 Å². The molecule has 0 N–H and O–H groups in total. The van der Waals surface area contributed by atoms with Crippen molar-refractivity contribution in [3.63, 3.8) is 0 Å². The van der Waals surface area contributed by atoms with Gasteiger partial charge in [0.2, 0.25) is 0 Å². The molecule has 0 unspecified atom stereocenters. The number of hydrogen-bond acceptors (Lipinski definition) is 6. The fraction of sp³-hybridized carbons (Fsp3) is 0.550. The van der Waals surface area contributed by atoms with Crippen molar-refractivity contribution in [1.82, 2.24) is 9.55 Å². The van der Waals surface area contributed by atoms with E-state index in [1.807, 2.05) is 0 Å². The minimum Gasteiger partial charge on any atom is -0.455 e. The lowest BCUT2D eigenvalue weighted by Crippen LogP contribution is -2.29. The highest BCUT2D eigenvalue weighted by Crippen LogP contribution is 2.49. The van der Waals surface area contributed by atoms with Crippen LogP contribution in [-0.4, -0.2) is 46.0 Å². The standard InChI is InChI=1S/C20H24N2O5/c1-12-15-7-6-14(11-25-19(24)22-10-9-21-13(22)2)5-4-8-20(3)17(27-20)16(15)26-18(12)23/h5,9-10,15-17H,1,4,6-8,11H2,2-3H3/b14-5+/t15-,16-,17-,20+/m0/s1. The highest BCUT2D eigenvalue weighted by atomic mass is 16.6. The summed E-state index contributed by atoms with van der Waals surface area (Å²) in [5.41, 5.74) is 1.29. The third-order valence-corrected chi connectivity index (χ3v) is 5.84. The predicted octanol–water partition coefficient (Wildman–Crippen LogP) is 2.93. The largest absolute Gasteiger partial charge is 0.455 e. The summed E-state index contributed by atoms with van der Waals surface area (Å²) in [5.74, 6) is 0.206. The Morgan fingerprint density at radius 2 is 2.33 bits per heavy atom. The number of esters is 1. The van der Waals surface area contributed by atoms with Gasteiger partial charge in [-0.3, -0.25) is 0 Å². The van der Waals surface area contributed by atoms with Crippen molar-refractivity contribution < 1.29 is 23.8 Å². The Bertz CT molecular complexity index is 826. The molecular weight excluding hydrogens is 348 g/mol. The molecule has 2 saturated heterocycles. The second kappa shape index (κ2) is 6.64. The zero-order valence-corrected chi connectivity index (χ0v) is 15.6. The van der Waals surface area contributed by atoms with Crippen molar-refractivity contribution in [3.8, 4) is 0 Å². The monoisotopic (exact) mass is 372 g/mol. The highest BCUT2D eigenvalue weighted by molar-refractivity contribution is 5.91. The van der Waals surface area contributed by atoms with Gasteiger partial charge in [-0.05, 0) is 45.1 Å². The second-order valence-electron chi connectivity index (χ2n) is 7.69. The van der Waals surface area contributed by atoms with Gasteiger partial charge in [-0.15, -0.1) is 0 Å². The van der Waals surface area contributed by atoms with E-state index in [1.54, 1.807) is 19.3 Å². The van der Waals surface area contributed by atoms with Crippen LogP contribution in [0.5, 0.6) is 0 Å². The molecule has 1 aliphatic carbocycles. The maximum absolute atomic E-state index is 12.2. The van der Waals surface area contributed by atoms with Crippen LogP contribution in [0, 0.1) is 12.8 Å². The maximum Gasteiger partial charge on any atom is 0.419 e. The Kier molecular flexibility index (Phi) is 4.42. The third kappa shape index (κ3) is 3.32. The minimum absolute atomic E-state index is 0.0531. The number of aromatic nitrogens is 2. The third-order valence-electron chi connectivity index (χ3n) is 5.84. The van der Waals surface area contributed by atoms with Crippen molar-refractivity contribution >= 4 is 12.1 Å².